The van der Waals surface area contributed by atoms with Crippen LogP contribution < -0.4 is 5.32 Å². The number of carbonyl (C=O) groups excluding carboxylic acids is 2. The molecule has 0 unspecified atom stereocenters. The molecule has 1 saturated carbocycles. The molecular formula is C23H25N3O2. The Morgan fingerprint density at radius 3 is 2.25 bits per heavy atom. The van der Waals surface area contributed by atoms with E-state index in [0.29, 0.717) is 17.2 Å². The van der Waals surface area contributed by atoms with Crippen molar-refractivity contribution in [3.63, 3.8) is 0 Å². The lowest BCUT2D eigenvalue weighted by molar-refractivity contribution is -0.112. The molecule has 1 spiro atoms. The molecule has 5 nitrogen and oxygen atoms in total. The number of nitrogens with one attached hydrogen (secondary N) is 1. The van der Waals surface area contributed by atoms with Gasteiger partial charge >= 0.3 is 0 Å². The van der Waals surface area contributed by atoms with Gasteiger partial charge < -0.3 is 10.2 Å². The minimum absolute atomic E-state index is 0.0459. The zero-order valence-electron chi connectivity index (χ0n) is 15.9. The summed E-state index contributed by atoms with van der Waals surface area (Å²) < 4.78 is 0. The van der Waals surface area contributed by atoms with E-state index < -0.39 is 0 Å². The number of hydrogen-bond donors (Lipinski definition) is 1. The first-order valence-electron chi connectivity index (χ1n) is 10.1. The summed E-state index contributed by atoms with van der Waals surface area (Å²) in [6, 6.07) is 17.9. The molecule has 2 aromatic rings. The van der Waals surface area contributed by atoms with Gasteiger partial charge in [0, 0.05) is 43.3 Å². The fourth-order valence-corrected chi connectivity index (χ4v) is 4.25. The van der Waals surface area contributed by atoms with Crippen LogP contribution in [0.15, 0.2) is 54.6 Å². The van der Waals surface area contributed by atoms with Gasteiger partial charge in [-0.1, -0.05) is 30.3 Å². The SMILES string of the molecule is O=C(NC1CC1)c1ccc(C(=O)N2CC3(CCN3Cc3ccccc3)C2)cc1. The predicted molar refractivity (Wildman–Crippen MR) is 107 cm³/mol. The molecule has 2 amide bonds. The fraction of sp³-hybridized carbons (Fsp3) is 0.391. The van der Waals surface area contributed by atoms with Crippen molar-refractivity contribution in [3.8, 4) is 0 Å². The predicted octanol–water partition coefficient (Wildman–Crippen LogP) is 2.68. The first-order valence-corrected chi connectivity index (χ1v) is 10.1. The molecule has 0 aromatic heterocycles. The van der Waals surface area contributed by atoms with Gasteiger partial charge in [0.15, 0.2) is 0 Å². The van der Waals surface area contributed by atoms with E-state index in [2.05, 4.69) is 34.5 Å². The van der Waals surface area contributed by atoms with Crippen LogP contribution in [-0.4, -0.2) is 52.8 Å². The molecule has 5 rings (SSSR count). The highest BCUT2D eigenvalue weighted by Crippen LogP contribution is 2.40. The number of nitrogens with zero attached hydrogens (tertiary/aromatic N) is 2. The van der Waals surface area contributed by atoms with Gasteiger partial charge in [0.1, 0.15) is 0 Å². The summed E-state index contributed by atoms with van der Waals surface area (Å²) in [7, 11) is 0. The van der Waals surface area contributed by atoms with Crippen molar-refractivity contribution in [2.24, 2.45) is 0 Å². The molecule has 0 atom stereocenters. The second kappa shape index (κ2) is 6.74. The van der Waals surface area contributed by atoms with E-state index in [1.54, 1.807) is 24.3 Å². The third-order valence-corrected chi connectivity index (χ3v) is 6.30. The number of likely N-dealkylation sites (tertiary alicyclic amines) is 2. The van der Waals surface area contributed by atoms with E-state index in [1.165, 1.54) is 5.56 Å². The van der Waals surface area contributed by atoms with E-state index in [9.17, 15) is 9.59 Å². The maximum absolute atomic E-state index is 12.8. The zero-order chi connectivity index (χ0) is 19.1. The van der Waals surface area contributed by atoms with Crippen molar-refractivity contribution in [2.75, 3.05) is 19.6 Å². The number of benzene rings is 2. The average molecular weight is 375 g/mol. The van der Waals surface area contributed by atoms with Gasteiger partial charge in [-0.2, -0.15) is 0 Å². The van der Waals surface area contributed by atoms with Crippen LogP contribution in [0.4, 0.5) is 0 Å². The maximum Gasteiger partial charge on any atom is 0.253 e. The molecule has 1 N–H and O–H groups in total. The Balaban J connectivity index is 1.18. The standard InChI is InChI=1S/C23H25N3O2/c27-21(24-20-10-11-20)18-6-8-19(9-7-18)22(28)25-15-23(16-25)12-13-26(23)14-17-4-2-1-3-5-17/h1-9,20H,10-16H2,(H,24,27). The Kier molecular flexibility index (Phi) is 4.20. The van der Waals surface area contributed by atoms with Crippen LogP contribution in [0.5, 0.6) is 0 Å². The van der Waals surface area contributed by atoms with Crippen molar-refractivity contribution in [1.82, 2.24) is 15.1 Å². The van der Waals surface area contributed by atoms with Crippen molar-refractivity contribution in [2.45, 2.75) is 37.4 Å². The minimum Gasteiger partial charge on any atom is -0.349 e. The van der Waals surface area contributed by atoms with Crippen LogP contribution in [0, 0.1) is 0 Å². The molecule has 2 heterocycles. The molecule has 0 radical (unpaired) electrons. The summed E-state index contributed by atoms with van der Waals surface area (Å²) in [6.07, 6.45) is 3.30. The molecule has 1 aliphatic carbocycles. The van der Waals surface area contributed by atoms with Gasteiger partial charge in [0.2, 0.25) is 0 Å². The Morgan fingerprint density at radius 2 is 1.64 bits per heavy atom. The maximum atomic E-state index is 12.8. The summed E-state index contributed by atoms with van der Waals surface area (Å²) in [5.41, 5.74) is 2.77. The lowest BCUT2D eigenvalue weighted by Crippen LogP contribution is -2.77. The molecule has 3 aliphatic rings. The lowest BCUT2D eigenvalue weighted by atomic mass is 9.77. The van der Waals surface area contributed by atoms with Crippen molar-refractivity contribution in [1.29, 1.82) is 0 Å². The molecule has 2 aromatic carbocycles. The summed E-state index contributed by atoms with van der Waals surface area (Å²) in [5.74, 6) is 0.0155. The first-order chi connectivity index (χ1) is 13.6. The normalized spacial score (nSPS) is 20.4. The van der Waals surface area contributed by atoms with Gasteiger partial charge in [0.05, 0.1) is 5.54 Å². The van der Waals surface area contributed by atoms with E-state index in [0.717, 1.165) is 45.4 Å². The molecular weight excluding hydrogens is 350 g/mol. The summed E-state index contributed by atoms with van der Waals surface area (Å²) >= 11 is 0. The number of carbonyl (C=O) groups is 2. The van der Waals surface area contributed by atoms with Crippen molar-refractivity contribution in [3.05, 3.63) is 71.3 Å². The van der Waals surface area contributed by atoms with Gasteiger partial charge in [-0.25, -0.2) is 0 Å². The fourth-order valence-electron chi connectivity index (χ4n) is 4.25. The summed E-state index contributed by atoms with van der Waals surface area (Å²) in [5, 5.41) is 2.97. The second-order valence-corrected chi connectivity index (χ2v) is 8.37. The molecule has 2 aliphatic heterocycles. The Morgan fingerprint density at radius 1 is 0.964 bits per heavy atom. The molecule has 144 valence electrons. The van der Waals surface area contributed by atoms with E-state index in [1.807, 2.05) is 11.0 Å². The quantitative estimate of drug-likeness (QED) is 0.874. The highest BCUT2D eigenvalue weighted by atomic mass is 16.2. The highest BCUT2D eigenvalue weighted by Gasteiger charge is 2.54. The Labute approximate surface area is 165 Å². The Hall–Kier alpha value is -2.66. The van der Waals surface area contributed by atoms with Crippen LogP contribution in [0.1, 0.15) is 45.5 Å². The third kappa shape index (κ3) is 3.20. The number of amides is 2. The van der Waals surface area contributed by atoms with E-state index >= 15 is 0 Å². The van der Waals surface area contributed by atoms with Gasteiger partial charge in [-0.3, -0.25) is 14.5 Å². The molecule has 2 saturated heterocycles. The first kappa shape index (κ1) is 17.4. The lowest BCUT2D eigenvalue weighted by Gasteiger charge is -2.62. The molecule has 3 fully saturated rings. The summed E-state index contributed by atoms with van der Waals surface area (Å²) in [4.78, 5) is 29.3. The topological polar surface area (TPSA) is 52.7 Å². The van der Waals surface area contributed by atoms with Crippen LogP contribution in [0.2, 0.25) is 0 Å². The number of hydrogen-bond acceptors (Lipinski definition) is 3. The summed E-state index contributed by atoms with van der Waals surface area (Å²) in [6.45, 7) is 3.64. The van der Waals surface area contributed by atoms with Crippen LogP contribution in [-0.2, 0) is 6.54 Å². The largest absolute Gasteiger partial charge is 0.349 e. The monoisotopic (exact) mass is 375 g/mol. The van der Waals surface area contributed by atoms with Crippen LogP contribution in [0.25, 0.3) is 0 Å². The van der Waals surface area contributed by atoms with Gasteiger partial charge in [-0.05, 0) is 49.1 Å². The van der Waals surface area contributed by atoms with Crippen molar-refractivity contribution >= 4 is 11.8 Å². The van der Waals surface area contributed by atoms with Gasteiger partial charge in [0.25, 0.3) is 11.8 Å². The van der Waals surface area contributed by atoms with Crippen LogP contribution in [0.3, 0.4) is 0 Å². The average Bonchev–Trinajstić information content (AvgIpc) is 3.49. The van der Waals surface area contributed by atoms with Gasteiger partial charge in [-0.15, -0.1) is 0 Å². The molecule has 0 bridgehead atoms. The molecule has 5 heteroatoms. The van der Waals surface area contributed by atoms with Crippen LogP contribution >= 0.6 is 0 Å². The zero-order valence-corrected chi connectivity index (χ0v) is 15.9. The minimum atomic E-state index is -0.0459. The molecule has 28 heavy (non-hydrogen) atoms. The highest BCUT2D eigenvalue weighted by molar-refractivity contribution is 5.98. The Bertz CT molecular complexity index is 884. The van der Waals surface area contributed by atoms with Crippen molar-refractivity contribution < 1.29 is 9.59 Å². The second-order valence-electron chi connectivity index (χ2n) is 8.37. The number of rotatable bonds is 5. The smallest absolute Gasteiger partial charge is 0.253 e. The van der Waals surface area contributed by atoms with E-state index in [4.69, 9.17) is 0 Å². The third-order valence-electron chi connectivity index (χ3n) is 6.30. The van der Waals surface area contributed by atoms with E-state index in [-0.39, 0.29) is 17.4 Å².